The predicted molar refractivity (Wildman–Crippen MR) is 82.1 cm³/mol. The minimum atomic E-state index is -3.70. The van der Waals surface area contributed by atoms with E-state index in [4.69, 9.17) is 21.6 Å². The summed E-state index contributed by atoms with van der Waals surface area (Å²) >= 11 is 6.12. The number of halogens is 1. The molecule has 2 fully saturated rings. The summed E-state index contributed by atoms with van der Waals surface area (Å²) < 4.78 is 33.3. The maximum Gasteiger partial charge on any atom is 0.245 e. The smallest absolute Gasteiger partial charge is 0.245 e. The maximum atomic E-state index is 13.1. The van der Waals surface area contributed by atoms with E-state index in [2.05, 4.69) is 0 Å². The van der Waals surface area contributed by atoms with E-state index in [0.29, 0.717) is 25.3 Å². The molecular weight excluding hydrogens is 324 g/mol. The third kappa shape index (κ3) is 2.52. The summed E-state index contributed by atoms with van der Waals surface area (Å²) in [7, 11) is -3.70. The van der Waals surface area contributed by atoms with Gasteiger partial charge in [0.15, 0.2) is 0 Å². The summed E-state index contributed by atoms with van der Waals surface area (Å²) in [5, 5.41) is 8.98. The first-order valence-electron chi connectivity index (χ1n) is 7.30. The zero-order valence-electron chi connectivity index (χ0n) is 12.1. The van der Waals surface area contributed by atoms with Crippen molar-refractivity contribution in [3.8, 4) is 6.07 Å². The molecule has 0 N–H and O–H groups in total. The van der Waals surface area contributed by atoms with Gasteiger partial charge in [0.2, 0.25) is 10.0 Å². The number of rotatable bonds is 2. The van der Waals surface area contributed by atoms with Gasteiger partial charge < -0.3 is 4.74 Å². The molecule has 0 amide bonds. The molecule has 0 unspecified atom stereocenters. The molecule has 1 aromatic rings. The van der Waals surface area contributed by atoms with Crippen molar-refractivity contribution in [3.05, 3.63) is 28.8 Å². The average Bonchev–Trinajstić information content (AvgIpc) is 2.95. The number of nitrogens with zero attached hydrogens (tertiary/aromatic N) is 2. The molecule has 1 saturated carbocycles. The average molecular weight is 341 g/mol. The van der Waals surface area contributed by atoms with Gasteiger partial charge in [0.25, 0.3) is 0 Å². The Labute approximate surface area is 135 Å². The van der Waals surface area contributed by atoms with Crippen LogP contribution in [0.15, 0.2) is 23.1 Å². The molecule has 1 aromatic carbocycles. The van der Waals surface area contributed by atoms with E-state index in [-0.39, 0.29) is 9.92 Å². The second kappa shape index (κ2) is 5.82. The van der Waals surface area contributed by atoms with Crippen LogP contribution in [0.5, 0.6) is 0 Å². The Balaban J connectivity index is 2.03. The van der Waals surface area contributed by atoms with Crippen LogP contribution >= 0.6 is 11.6 Å². The van der Waals surface area contributed by atoms with E-state index in [0.717, 1.165) is 25.7 Å². The number of hydrogen-bond acceptors (Lipinski definition) is 4. The highest BCUT2D eigenvalue weighted by molar-refractivity contribution is 7.89. The minimum Gasteiger partial charge on any atom is -0.378 e. The van der Waals surface area contributed by atoms with Crippen molar-refractivity contribution in [2.45, 2.75) is 36.1 Å². The Morgan fingerprint density at radius 1 is 1.32 bits per heavy atom. The first kappa shape index (κ1) is 15.8. The minimum absolute atomic E-state index is 0.0707. The summed E-state index contributed by atoms with van der Waals surface area (Å²) in [6.07, 6.45) is 3.66. The number of morpholine rings is 1. The van der Waals surface area contributed by atoms with E-state index < -0.39 is 15.6 Å². The van der Waals surface area contributed by atoms with Crippen LogP contribution in [-0.4, -0.2) is 38.0 Å². The fraction of sp³-hybridized carbons (Fsp3) is 0.533. The highest BCUT2D eigenvalue weighted by Gasteiger charge is 2.48. The molecule has 0 radical (unpaired) electrons. The van der Waals surface area contributed by atoms with Gasteiger partial charge in [-0.1, -0.05) is 24.4 Å². The summed E-state index contributed by atoms with van der Waals surface area (Å²) in [4.78, 5) is 0.0707. The van der Waals surface area contributed by atoms with Gasteiger partial charge in [0.05, 0.1) is 35.4 Å². The SMILES string of the molecule is N#Cc1ccc(S(=O)(=O)N2CCOCC23CCCC3)c(Cl)c1. The van der Waals surface area contributed by atoms with Gasteiger partial charge in [0.1, 0.15) is 4.90 Å². The van der Waals surface area contributed by atoms with Crippen LogP contribution in [0.4, 0.5) is 0 Å². The Bertz CT molecular complexity index is 721. The first-order chi connectivity index (χ1) is 10.5. The quantitative estimate of drug-likeness (QED) is 0.829. The molecule has 3 rings (SSSR count). The zero-order chi connectivity index (χ0) is 15.8. The van der Waals surface area contributed by atoms with Crippen molar-refractivity contribution in [1.82, 2.24) is 4.31 Å². The summed E-state index contributed by atoms with van der Waals surface area (Å²) in [5.41, 5.74) is -0.0876. The molecule has 22 heavy (non-hydrogen) atoms. The van der Waals surface area contributed by atoms with Gasteiger partial charge in [0, 0.05) is 6.54 Å². The lowest BCUT2D eigenvalue weighted by Gasteiger charge is -2.43. The fourth-order valence-electron chi connectivity index (χ4n) is 3.42. The largest absolute Gasteiger partial charge is 0.378 e. The molecule has 118 valence electrons. The summed E-state index contributed by atoms with van der Waals surface area (Å²) in [6, 6.07) is 6.27. The lowest BCUT2D eigenvalue weighted by Crippen LogP contribution is -2.57. The van der Waals surface area contributed by atoms with Crippen molar-refractivity contribution < 1.29 is 13.2 Å². The third-order valence-electron chi connectivity index (χ3n) is 4.50. The molecule has 2 aliphatic rings. The molecule has 1 spiro atoms. The lowest BCUT2D eigenvalue weighted by atomic mass is 9.98. The number of hydrogen-bond donors (Lipinski definition) is 0. The molecule has 0 atom stereocenters. The molecule has 0 bridgehead atoms. The van der Waals surface area contributed by atoms with Crippen molar-refractivity contribution in [3.63, 3.8) is 0 Å². The van der Waals surface area contributed by atoms with Crippen LogP contribution in [0.1, 0.15) is 31.2 Å². The predicted octanol–water partition coefficient (Wildman–Crippen LogP) is 2.55. The number of ether oxygens (including phenoxy) is 1. The molecule has 1 aliphatic heterocycles. The third-order valence-corrected chi connectivity index (χ3v) is 6.99. The topological polar surface area (TPSA) is 70.4 Å². The Hall–Kier alpha value is -1.13. The van der Waals surface area contributed by atoms with Crippen LogP contribution in [0.25, 0.3) is 0 Å². The van der Waals surface area contributed by atoms with Gasteiger partial charge in [-0.3, -0.25) is 0 Å². The lowest BCUT2D eigenvalue weighted by molar-refractivity contribution is -0.0226. The Kier molecular flexibility index (Phi) is 4.17. The van der Waals surface area contributed by atoms with E-state index in [1.54, 1.807) is 4.31 Å². The molecule has 1 saturated heterocycles. The van der Waals surface area contributed by atoms with Gasteiger partial charge in [-0.05, 0) is 31.0 Å². The van der Waals surface area contributed by atoms with Crippen molar-refractivity contribution in [2.24, 2.45) is 0 Å². The molecular formula is C15H17ClN2O3S. The van der Waals surface area contributed by atoms with E-state index in [1.807, 2.05) is 6.07 Å². The molecule has 7 heteroatoms. The van der Waals surface area contributed by atoms with Gasteiger partial charge in [-0.25, -0.2) is 8.42 Å². The van der Waals surface area contributed by atoms with E-state index in [9.17, 15) is 8.42 Å². The second-order valence-corrected chi connectivity index (χ2v) is 8.06. The monoisotopic (exact) mass is 340 g/mol. The second-order valence-electron chi connectivity index (χ2n) is 5.82. The maximum absolute atomic E-state index is 13.1. The van der Waals surface area contributed by atoms with Crippen molar-refractivity contribution in [2.75, 3.05) is 19.8 Å². The van der Waals surface area contributed by atoms with Crippen LogP contribution in [-0.2, 0) is 14.8 Å². The number of benzene rings is 1. The van der Waals surface area contributed by atoms with Gasteiger partial charge in [-0.15, -0.1) is 0 Å². The summed E-state index contributed by atoms with van der Waals surface area (Å²) in [6.45, 7) is 1.19. The Morgan fingerprint density at radius 3 is 2.68 bits per heavy atom. The molecule has 0 aromatic heterocycles. The highest BCUT2D eigenvalue weighted by atomic mass is 35.5. The van der Waals surface area contributed by atoms with Crippen LogP contribution < -0.4 is 0 Å². The van der Waals surface area contributed by atoms with Crippen LogP contribution in [0.3, 0.4) is 0 Å². The highest BCUT2D eigenvalue weighted by Crippen LogP contribution is 2.41. The fourth-order valence-corrected chi connectivity index (χ4v) is 5.73. The standard InChI is InChI=1S/C15H17ClN2O3S/c16-13-9-12(10-17)3-4-14(13)22(19,20)18-7-8-21-11-15(18)5-1-2-6-15/h3-4,9H,1-2,5-8,11H2. The Morgan fingerprint density at radius 2 is 2.05 bits per heavy atom. The van der Waals surface area contributed by atoms with E-state index >= 15 is 0 Å². The zero-order valence-corrected chi connectivity index (χ0v) is 13.7. The molecule has 5 nitrogen and oxygen atoms in total. The first-order valence-corrected chi connectivity index (χ1v) is 9.12. The van der Waals surface area contributed by atoms with Gasteiger partial charge in [-0.2, -0.15) is 9.57 Å². The van der Waals surface area contributed by atoms with E-state index in [1.165, 1.54) is 18.2 Å². The van der Waals surface area contributed by atoms with Crippen LogP contribution in [0.2, 0.25) is 5.02 Å². The number of sulfonamides is 1. The summed E-state index contributed by atoms with van der Waals surface area (Å²) in [5.74, 6) is 0. The van der Waals surface area contributed by atoms with Gasteiger partial charge >= 0.3 is 0 Å². The normalized spacial score (nSPS) is 21.8. The number of nitriles is 1. The van der Waals surface area contributed by atoms with Crippen molar-refractivity contribution in [1.29, 1.82) is 5.26 Å². The molecule has 1 aliphatic carbocycles. The molecule has 1 heterocycles. The van der Waals surface area contributed by atoms with Crippen LogP contribution in [0, 0.1) is 11.3 Å². The van der Waals surface area contributed by atoms with Crippen molar-refractivity contribution >= 4 is 21.6 Å².